The molecule has 0 aliphatic heterocycles. The predicted octanol–water partition coefficient (Wildman–Crippen LogP) is 2.77. The molecule has 5 nitrogen and oxygen atoms in total. The molecule has 21 heavy (non-hydrogen) atoms. The Morgan fingerprint density at radius 2 is 1.86 bits per heavy atom. The van der Waals surface area contributed by atoms with Gasteiger partial charge in [0.05, 0.1) is 16.4 Å². The van der Waals surface area contributed by atoms with Crippen molar-refractivity contribution in [2.75, 3.05) is 0 Å². The Morgan fingerprint density at radius 1 is 1.19 bits per heavy atom. The van der Waals surface area contributed by atoms with Crippen molar-refractivity contribution in [2.45, 2.75) is 19.9 Å². The SMILES string of the molecule is CC(C)n1c(C(=O)O)cc2c(=O)n(C)c3ccccc3c21. The Hall–Kier alpha value is -2.56. The fourth-order valence-corrected chi connectivity index (χ4v) is 2.92. The van der Waals surface area contributed by atoms with Crippen LogP contribution in [-0.4, -0.2) is 20.2 Å². The first-order valence-corrected chi connectivity index (χ1v) is 6.79. The molecule has 0 aliphatic carbocycles. The minimum Gasteiger partial charge on any atom is -0.477 e. The van der Waals surface area contributed by atoms with Crippen LogP contribution in [0.1, 0.15) is 30.4 Å². The van der Waals surface area contributed by atoms with Gasteiger partial charge in [-0.15, -0.1) is 0 Å². The van der Waals surface area contributed by atoms with Gasteiger partial charge >= 0.3 is 5.97 Å². The summed E-state index contributed by atoms with van der Waals surface area (Å²) in [6.07, 6.45) is 0. The molecule has 0 fully saturated rings. The van der Waals surface area contributed by atoms with Gasteiger partial charge in [0.1, 0.15) is 5.69 Å². The fourth-order valence-electron chi connectivity index (χ4n) is 2.92. The van der Waals surface area contributed by atoms with Crippen LogP contribution in [-0.2, 0) is 7.05 Å². The first-order chi connectivity index (χ1) is 9.93. The molecule has 3 rings (SSSR count). The zero-order chi connectivity index (χ0) is 15.3. The number of carboxylic acid groups (broad SMARTS) is 1. The Bertz CT molecular complexity index is 932. The van der Waals surface area contributed by atoms with Crippen LogP contribution in [0.5, 0.6) is 0 Å². The van der Waals surface area contributed by atoms with Crippen LogP contribution in [0.2, 0.25) is 0 Å². The maximum atomic E-state index is 12.5. The molecule has 0 amide bonds. The highest BCUT2D eigenvalue weighted by Crippen LogP contribution is 2.28. The van der Waals surface area contributed by atoms with E-state index in [1.807, 2.05) is 38.1 Å². The zero-order valence-electron chi connectivity index (χ0n) is 12.1. The number of nitrogens with zero attached hydrogens (tertiary/aromatic N) is 2. The number of aromatic carboxylic acids is 1. The molecule has 2 heterocycles. The minimum atomic E-state index is -1.02. The highest BCUT2D eigenvalue weighted by atomic mass is 16.4. The second-order valence-corrected chi connectivity index (χ2v) is 5.44. The van der Waals surface area contributed by atoms with Crippen molar-refractivity contribution in [3.63, 3.8) is 0 Å². The van der Waals surface area contributed by atoms with Crippen LogP contribution in [0.15, 0.2) is 35.1 Å². The molecular formula is C16H16N2O3. The van der Waals surface area contributed by atoms with Crippen molar-refractivity contribution in [1.29, 1.82) is 0 Å². The molecule has 0 spiro atoms. The molecule has 0 unspecified atom stereocenters. The molecule has 0 atom stereocenters. The average molecular weight is 284 g/mol. The monoisotopic (exact) mass is 284 g/mol. The lowest BCUT2D eigenvalue weighted by atomic mass is 10.1. The normalized spacial score (nSPS) is 11.6. The van der Waals surface area contributed by atoms with Gasteiger partial charge in [0, 0.05) is 18.5 Å². The smallest absolute Gasteiger partial charge is 0.352 e. The maximum Gasteiger partial charge on any atom is 0.352 e. The van der Waals surface area contributed by atoms with E-state index >= 15 is 0 Å². The van der Waals surface area contributed by atoms with E-state index in [2.05, 4.69) is 0 Å². The summed E-state index contributed by atoms with van der Waals surface area (Å²) in [4.78, 5) is 24.0. The van der Waals surface area contributed by atoms with E-state index in [0.717, 1.165) is 10.9 Å². The third-order valence-corrected chi connectivity index (χ3v) is 3.83. The second-order valence-electron chi connectivity index (χ2n) is 5.44. The lowest BCUT2D eigenvalue weighted by Gasteiger charge is -2.14. The van der Waals surface area contributed by atoms with Crippen molar-refractivity contribution in [2.24, 2.45) is 7.05 Å². The highest BCUT2D eigenvalue weighted by Gasteiger charge is 2.21. The number of fused-ring (bicyclic) bond motifs is 3. The lowest BCUT2D eigenvalue weighted by Crippen LogP contribution is -2.17. The van der Waals surface area contributed by atoms with Gasteiger partial charge in [-0.1, -0.05) is 18.2 Å². The van der Waals surface area contributed by atoms with E-state index in [4.69, 9.17) is 0 Å². The Balaban J connectivity index is 2.68. The standard InChI is InChI=1S/C16H16N2O3/c1-9(2)18-13(16(20)21)8-11-14(18)10-6-4-5-7-12(10)17(3)15(11)19/h4-9H,1-3H3,(H,20,21). The molecule has 0 aliphatic rings. The zero-order valence-corrected chi connectivity index (χ0v) is 12.1. The summed E-state index contributed by atoms with van der Waals surface area (Å²) in [6, 6.07) is 8.98. The van der Waals surface area contributed by atoms with Gasteiger partial charge in [0.15, 0.2) is 0 Å². The molecule has 2 aromatic heterocycles. The second kappa shape index (κ2) is 4.48. The van der Waals surface area contributed by atoms with Gasteiger partial charge in [-0.2, -0.15) is 0 Å². The number of aryl methyl sites for hydroxylation is 1. The summed E-state index contributed by atoms with van der Waals surface area (Å²) in [5.41, 5.74) is 1.46. The quantitative estimate of drug-likeness (QED) is 0.787. The largest absolute Gasteiger partial charge is 0.477 e. The summed E-state index contributed by atoms with van der Waals surface area (Å²) in [5.74, 6) is -1.02. The number of aromatic nitrogens is 2. The number of para-hydroxylation sites is 1. The third-order valence-electron chi connectivity index (χ3n) is 3.83. The maximum absolute atomic E-state index is 12.5. The van der Waals surface area contributed by atoms with Crippen molar-refractivity contribution >= 4 is 27.8 Å². The first-order valence-electron chi connectivity index (χ1n) is 6.79. The summed E-state index contributed by atoms with van der Waals surface area (Å²) < 4.78 is 3.29. The molecule has 3 aromatic rings. The Morgan fingerprint density at radius 3 is 2.48 bits per heavy atom. The highest BCUT2D eigenvalue weighted by molar-refractivity contribution is 6.07. The van der Waals surface area contributed by atoms with Crippen LogP contribution in [0, 0.1) is 0 Å². The van der Waals surface area contributed by atoms with E-state index in [9.17, 15) is 14.7 Å². The van der Waals surface area contributed by atoms with Crippen molar-refractivity contribution in [3.05, 3.63) is 46.4 Å². The van der Waals surface area contributed by atoms with E-state index < -0.39 is 5.97 Å². The van der Waals surface area contributed by atoms with Crippen LogP contribution < -0.4 is 5.56 Å². The minimum absolute atomic E-state index is 0.0517. The molecule has 1 aromatic carbocycles. The Labute approximate surface area is 121 Å². The summed E-state index contributed by atoms with van der Waals surface area (Å²) in [7, 11) is 1.71. The van der Waals surface area contributed by atoms with Crippen LogP contribution in [0.3, 0.4) is 0 Å². The number of rotatable bonds is 2. The predicted molar refractivity (Wildman–Crippen MR) is 82.0 cm³/mol. The van der Waals surface area contributed by atoms with Crippen molar-refractivity contribution in [3.8, 4) is 0 Å². The average Bonchev–Trinajstić information content (AvgIpc) is 2.86. The van der Waals surface area contributed by atoms with Gasteiger partial charge in [0.25, 0.3) is 5.56 Å². The summed E-state index contributed by atoms with van der Waals surface area (Å²) in [6.45, 7) is 3.83. The topological polar surface area (TPSA) is 64.2 Å². The van der Waals surface area contributed by atoms with Gasteiger partial charge in [-0.3, -0.25) is 4.79 Å². The van der Waals surface area contributed by atoms with Gasteiger partial charge in [0.2, 0.25) is 0 Å². The van der Waals surface area contributed by atoms with E-state index in [-0.39, 0.29) is 17.3 Å². The molecule has 5 heteroatoms. The van der Waals surface area contributed by atoms with Crippen LogP contribution in [0.4, 0.5) is 0 Å². The molecule has 108 valence electrons. The van der Waals surface area contributed by atoms with Crippen molar-refractivity contribution < 1.29 is 9.90 Å². The van der Waals surface area contributed by atoms with Crippen LogP contribution >= 0.6 is 0 Å². The molecule has 0 saturated heterocycles. The van der Waals surface area contributed by atoms with Gasteiger partial charge in [-0.25, -0.2) is 4.79 Å². The molecule has 0 bridgehead atoms. The summed E-state index contributed by atoms with van der Waals surface area (Å²) >= 11 is 0. The number of hydrogen-bond acceptors (Lipinski definition) is 2. The molecule has 0 saturated carbocycles. The van der Waals surface area contributed by atoms with Crippen LogP contribution in [0.25, 0.3) is 21.8 Å². The third kappa shape index (κ3) is 1.77. The number of pyridine rings is 1. The number of benzene rings is 1. The first kappa shape index (κ1) is 13.4. The summed E-state index contributed by atoms with van der Waals surface area (Å²) in [5, 5.41) is 10.7. The van der Waals surface area contributed by atoms with Crippen molar-refractivity contribution in [1.82, 2.24) is 9.13 Å². The lowest BCUT2D eigenvalue weighted by molar-refractivity contribution is 0.0684. The Kier molecular flexibility index (Phi) is 2.86. The van der Waals surface area contributed by atoms with Gasteiger partial charge < -0.3 is 14.2 Å². The van der Waals surface area contributed by atoms with E-state index in [0.29, 0.717) is 10.9 Å². The molecule has 0 radical (unpaired) electrons. The number of hydrogen-bond donors (Lipinski definition) is 1. The molecular weight excluding hydrogens is 268 g/mol. The van der Waals surface area contributed by atoms with Gasteiger partial charge in [-0.05, 0) is 26.0 Å². The molecule has 1 N–H and O–H groups in total. The number of carboxylic acids is 1. The number of carbonyl (C=O) groups is 1. The van der Waals surface area contributed by atoms with E-state index in [1.54, 1.807) is 16.2 Å². The van der Waals surface area contributed by atoms with E-state index in [1.165, 1.54) is 6.07 Å². The fraction of sp³-hybridized carbons (Fsp3) is 0.250.